The molecular weight excluding hydrogens is 216 g/mol. The van der Waals surface area contributed by atoms with Crippen molar-refractivity contribution in [3.05, 3.63) is 0 Å². The van der Waals surface area contributed by atoms with E-state index in [1.54, 1.807) is 0 Å². The maximum Gasteiger partial charge on any atom is 0.321 e. The predicted octanol–water partition coefficient (Wildman–Crippen LogP) is 0.0799. The summed E-state index contributed by atoms with van der Waals surface area (Å²) in [5.41, 5.74) is 5.17. The average Bonchev–Trinajstić information content (AvgIpc) is 2.10. The zero-order valence-corrected chi connectivity index (χ0v) is 8.40. The molecule has 0 aliphatic rings. The van der Waals surface area contributed by atoms with Gasteiger partial charge in [0.25, 0.3) is 5.24 Å². The van der Waals surface area contributed by atoms with E-state index in [9.17, 15) is 9.59 Å². The van der Waals surface area contributed by atoms with E-state index >= 15 is 0 Å². The second-order valence-corrected chi connectivity index (χ2v) is 3.53. The topological polar surface area (TPSA) is 92.4 Å². The number of aliphatic carboxylic acids is 1. The molecule has 4 N–H and O–H groups in total. The Morgan fingerprint density at radius 1 is 1.62 bits per heavy atom. The lowest BCUT2D eigenvalue weighted by atomic mass is 10.4. The molecule has 0 aromatic rings. The molecule has 0 aliphatic carbocycles. The second kappa shape index (κ2) is 6.99. The van der Waals surface area contributed by atoms with Crippen LogP contribution in [0.4, 0.5) is 4.79 Å². The third kappa shape index (κ3) is 6.68. The van der Waals surface area contributed by atoms with Gasteiger partial charge in [-0.1, -0.05) is 11.8 Å². The standard InChI is InChI=1S/C6H11ClN2O3S/c7-1-2-9-6(12)13-3-4(8)5(10)11/h4H,1-3,8H2,(H,9,12)(H,10,11)/t4-/m0/s1. The molecule has 0 aromatic heterocycles. The van der Waals surface area contributed by atoms with Crippen molar-refractivity contribution in [3.8, 4) is 0 Å². The van der Waals surface area contributed by atoms with Crippen molar-refractivity contribution in [1.82, 2.24) is 5.32 Å². The third-order valence-electron chi connectivity index (χ3n) is 1.08. The molecule has 0 radical (unpaired) electrons. The van der Waals surface area contributed by atoms with Crippen molar-refractivity contribution in [1.29, 1.82) is 0 Å². The van der Waals surface area contributed by atoms with Gasteiger partial charge in [0.05, 0.1) is 0 Å². The lowest BCUT2D eigenvalue weighted by molar-refractivity contribution is -0.137. The summed E-state index contributed by atoms with van der Waals surface area (Å²) in [6.45, 7) is 0.371. The highest BCUT2D eigenvalue weighted by Gasteiger charge is 2.13. The number of carboxylic acids is 1. The minimum atomic E-state index is -1.11. The smallest absolute Gasteiger partial charge is 0.321 e. The van der Waals surface area contributed by atoms with Gasteiger partial charge in [0, 0.05) is 18.2 Å². The van der Waals surface area contributed by atoms with Gasteiger partial charge in [0.2, 0.25) is 0 Å². The molecular formula is C6H11ClN2O3S. The van der Waals surface area contributed by atoms with Gasteiger partial charge in [0.15, 0.2) is 0 Å². The number of carbonyl (C=O) groups excluding carboxylic acids is 1. The minimum absolute atomic E-state index is 0.0590. The summed E-state index contributed by atoms with van der Waals surface area (Å²) in [6, 6.07) is -1.01. The van der Waals surface area contributed by atoms with Gasteiger partial charge in [-0.05, 0) is 0 Å². The molecule has 1 amide bonds. The Morgan fingerprint density at radius 2 is 2.23 bits per heavy atom. The first-order chi connectivity index (χ1) is 6.07. The molecule has 0 saturated heterocycles. The predicted molar refractivity (Wildman–Crippen MR) is 52.2 cm³/mol. The fourth-order valence-corrected chi connectivity index (χ4v) is 1.21. The van der Waals surface area contributed by atoms with Crippen molar-refractivity contribution < 1.29 is 14.7 Å². The fraction of sp³-hybridized carbons (Fsp3) is 0.667. The van der Waals surface area contributed by atoms with Crippen LogP contribution in [0.1, 0.15) is 0 Å². The second-order valence-electron chi connectivity index (χ2n) is 2.16. The quantitative estimate of drug-likeness (QED) is 0.578. The SMILES string of the molecule is N[C@@H](CSC(=O)NCCCl)C(=O)O. The molecule has 1 atom stereocenters. The first kappa shape index (κ1) is 12.5. The highest BCUT2D eigenvalue weighted by Crippen LogP contribution is 2.02. The Kier molecular flexibility index (Phi) is 6.75. The maximum atomic E-state index is 10.9. The molecule has 13 heavy (non-hydrogen) atoms. The molecule has 7 heteroatoms. The number of rotatable bonds is 5. The van der Waals surface area contributed by atoms with Gasteiger partial charge >= 0.3 is 5.97 Å². The van der Waals surface area contributed by atoms with Crippen LogP contribution in [0.2, 0.25) is 0 Å². The molecule has 0 aromatic carbocycles. The Balaban J connectivity index is 3.52. The molecule has 0 rings (SSSR count). The van der Waals surface area contributed by atoms with Crippen LogP contribution in [0.3, 0.4) is 0 Å². The molecule has 0 heterocycles. The number of nitrogens with two attached hydrogens (primary N) is 1. The number of hydrogen-bond acceptors (Lipinski definition) is 4. The lowest BCUT2D eigenvalue weighted by Crippen LogP contribution is -2.34. The van der Waals surface area contributed by atoms with E-state index in [1.807, 2.05) is 0 Å². The summed E-state index contributed by atoms with van der Waals surface area (Å²) < 4.78 is 0. The molecule has 0 unspecified atom stereocenters. The van der Waals surface area contributed by atoms with Gasteiger partial charge in [-0.15, -0.1) is 11.6 Å². The van der Waals surface area contributed by atoms with E-state index < -0.39 is 12.0 Å². The minimum Gasteiger partial charge on any atom is -0.480 e. The summed E-state index contributed by atoms with van der Waals surface area (Å²) in [6.07, 6.45) is 0. The van der Waals surface area contributed by atoms with Crippen molar-refractivity contribution in [2.24, 2.45) is 5.73 Å². The van der Waals surface area contributed by atoms with Crippen molar-refractivity contribution in [2.75, 3.05) is 18.2 Å². The van der Waals surface area contributed by atoms with E-state index in [-0.39, 0.29) is 11.0 Å². The van der Waals surface area contributed by atoms with Crippen LogP contribution >= 0.6 is 23.4 Å². The lowest BCUT2D eigenvalue weighted by Gasteiger charge is -2.05. The van der Waals surface area contributed by atoms with Crippen LogP contribution in [0.25, 0.3) is 0 Å². The normalized spacial score (nSPS) is 12.2. The van der Waals surface area contributed by atoms with Gasteiger partial charge in [-0.25, -0.2) is 0 Å². The van der Waals surface area contributed by atoms with Crippen LogP contribution in [0.5, 0.6) is 0 Å². The first-order valence-electron chi connectivity index (χ1n) is 3.53. The van der Waals surface area contributed by atoms with Crippen molar-refractivity contribution >= 4 is 34.6 Å². The van der Waals surface area contributed by atoms with Crippen LogP contribution < -0.4 is 11.1 Å². The van der Waals surface area contributed by atoms with E-state index in [0.29, 0.717) is 12.4 Å². The van der Waals surface area contributed by atoms with Crippen LogP contribution in [-0.2, 0) is 4.79 Å². The molecule has 0 fully saturated rings. The number of amides is 1. The molecule has 0 saturated carbocycles. The number of alkyl halides is 1. The average molecular weight is 227 g/mol. The maximum absolute atomic E-state index is 10.9. The monoisotopic (exact) mass is 226 g/mol. The molecule has 0 aliphatic heterocycles. The van der Waals surface area contributed by atoms with Gasteiger partial charge < -0.3 is 16.2 Å². The number of hydrogen-bond donors (Lipinski definition) is 3. The number of nitrogens with one attached hydrogen (secondary N) is 1. The number of thioether (sulfide) groups is 1. The van der Waals surface area contributed by atoms with Crippen LogP contribution in [0.15, 0.2) is 0 Å². The number of carbonyl (C=O) groups is 2. The van der Waals surface area contributed by atoms with E-state index in [2.05, 4.69) is 5.32 Å². The van der Waals surface area contributed by atoms with Gasteiger partial charge in [-0.3, -0.25) is 9.59 Å². The van der Waals surface area contributed by atoms with E-state index in [4.69, 9.17) is 22.4 Å². The summed E-state index contributed by atoms with van der Waals surface area (Å²) in [4.78, 5) is 21.1. The van der Waals surface area contributed by atoms with Crippen molar-refractivity contribution in [2.45, 2.75) is 6.04 Å². The summed E-state index contributed by atoms with van der Waals surface area (Å²) in [7, 11) is 0. The number of halogens is 1. The highest BCUT2D eigenvalue weighted by atomic mass is 35.5. The molecule has 5 nitrogen and oxygen atoms in total. The summed E-state index contributed by atoms with van der Waals surface area (Å²) >= 11 is 6.15. The molecule has 0 spiro atoms. The van der Waals surface area contributed by atoms with Crippen LogP contribution in [-0.4, -0.2) is 40.5 Å². The van der Waals surface area contributed by atoms with E-state index in [0.717, 1.165) is 11.8 Å². The Hall–Kier alpha value is -0.460. The largest absolute Gasteiger partial charge is 0.480 e. The first-order valence-corrected chi connectivity index (χ1v) is 5.05. The summed E-state index contributed by atoms with van der Waals surface area (Å²) in [5.74, 6) is -0.724. The van der Waals surface area contributed by atoms with Gasteiger partial charge in [0.1, 0.15) is 6.04 Å². The zero-order chi connectivity index (χ0) is 10.3. The van der Waals surface area contributed by atoms with Crippen LogP contribution in [0, 0.1) is 0 Å². The Morgan fingerprint density at radius 3 is 2.69 bits per heavy atom. The summed E-state index contributed by atoms with van der Waals surface area (Å²) in [5, 5.41) is 10.5. The Labute approximate surface area is 85.0 Å². The van der Waals surface area contributed by atoms with Gasteiger partial charge in [-0.2, -0.15) is 0 Å². The fourth-order valence-electron chi connectivity index (χ4n) is 0.437. The zero-order valence-electron chi connectivity index (χ0n) is 6.83. The van der Waals surface area contributed by atoms with E-state index in [1.165, 1.54) is 0 Å². The Bertz CT molecular complexity index is 191. The number of carboxylic acid groups (broad SMARTS) is 1. The molecule has 76 valence electrons. The van der Waals surface area contributed by atoms with Crippen molar-refractivity contribution in [3.63, 3.8) is 0 Å². The molecule has 0 bridgehead atoms. The highest BCUT2D eigenvalue weighted by molar-refractivity contribution is 8.13. The third-order valence-corrected chi connectivity index (χ3v) is 2.20.